The van der Waals surface area contributed by atoms with Crippen LogP contribution in [0.5, 0.6) is 0 Å². The van der Waals surface area contributed by atoms with E-state index in [-0.39, 0.29) is 5.54 Å². The molecule has 2 unspecified atom stereocenters. The van der Waals surface area contributed by atoms with Gasteiger partial charge in [-0.15, -0.1) is 0 Å². The molecule has 76 valence electrons. The summed E-state index contributed by atoms with van der Waals surface area (Å²) in [5.74, 6) is 0.786. The Morgan fingerprint density at radius 1 is 1.15 bits per heavy atom. The summed E-state index contributed by atoms with van der Waals surface area (Å²) < 4.78 is 0. The number of hydrogen-bond donors (Lipinski definition) is 1. The van der Waals surface area contributed by atoms with Crippen LogP contribution in [-0.2, 0) is 0 Å². The summed E-state index contributed by atoms with van der Waals surface area (Å²) in [6.07, 6.45) is 5.14. The zero-order valence-electron chi connectivity index (χ0n) is 9.09. The lowest BCUT2D eigenvalue weighted by atomic mass is 9.81. The zero-order valence-corrected chi connectivity index (χ0v) is 9.09. The Kier molecular flexibility index (Phi) is 2.16. The largest absolute Gasteiger partial charge is 0.325 e. The minimum absolute atomic E-state index is 0.240. The van der Waals surface area contributed by atoms with Crippen molar-refractivity contribution in [1.29, 1.82) is 0 Å². The highest BCUT2D eigenvalue weighted by Crippen LogP contribution is 2.46. The molecule has 2 atom stereocenters. The van der Waals surface area contributed by atoms with Crippen molar-refractivity contribution in [1.82, 2.24) is 4.90 Å². The van der Waals surface area contributed by atoms with E-state index in [0.717, 1.165) is 18.0 Å². The molecule has 2 fully saturated rings. The molecule has 13 heavy (non-hydrogen) atoms. The van der Waals surface area contributed by atoms with Crippen LogP contribution in [0.25, 0.3) is 0 Å². The average Bonchev–Trinajstić information content (AvgIpc) is 2.80. The van der Waals surface area contributed by atoms with E-state index in [0.29, 0.717) is 0 Å². The van der Waals surface area contributed by atoms with E-state index in [4.69, 9.17) is 5.73 Å². The first-order valence-electron chi connectivity index (χ1n) is 5.54. The smallest absolute Gasteiger partial charge is 0.0185 e. The molecule has 0 amide bonds. The molecule has 2 aliphatic rings. The molecular weight excluding hydrogens is 160 g/mol. The van der Waals surface area contributed by atoms with E-state index in [1.165, 1.54) is 25.7 Å². The first-order valence-corrected chi connectivity index (χ1v) is 5.54. The van der Waals surface area contributed by atoms with Crippen molar-refractivity contribution in [3.05, 3.63) is 0 Å². The average molecular weight is 182 g/mol. The van der Waals surface area contributed by atoms with Gasteiger partial charge < -0.3 is 10.6 Å². The van der Waals surface area contributed by atoms with Gasteiger partial charge >= 0.3 is 0 Å². The Labute approximate surface area is 81.5 Å². The molecule has 0 spiro atoms. The number of nitrogens with zero attached hydrogens (tertiary/aromatic N) is 1. The first-order chi connectivity index (χ1) is 6.03. The third-order valence-corrected chi connectivity index (χ3v) is 4.28. The Hall–Kier alpha value is -0.0800. The van der Waals surface area contributed by atoms with Gasteiger partial charge in [-0.1, -0.05) is 0 Å². The van der Waals surface area contributed by atoms with Gasteiger partial charge in [0.15, 0.2) is 0 Å². The molecule has 1 saturated carbocycles. The number of nitrogens with two attached hydrogens (primary N) is 1. The van der Waals surface area contributed by atoms with E-state index in [1.54, 1.807) is 0 Å². The standard InChI is InChI=1S/C11H22N2/c1-8-6-10(11(12)4-5-11)7-9(2)13(8)3/h8-10H,4-7,12H2,1-3H3. The second kappa shape index (κ2) is 2.96. The van der Waals surface area contributed by atoms with Crippen molar-refractivity contribution in [2.45, 2.75) is 57.2 Å². The minimum Gasteiger partial charge on any atom is -0.325 e. The fraction of sp³-hybridized carbons (Fsp3) is 1.00. The van der Waals surface area contributed by atoms with Gasteiger partial charge in [-0.25, -0.2) is 0 Å². The highest BCUT2D eigenvalue weighted by Gasteiger charge is 2.48. The Morgan fingerprint density at radius 2 is 1.62 bits per heavy atom. The van der Waals surface area contributed by atoms with Crippen LogP contribution in [0.1, 0.15) is 39.5 Å². The molecule has 2 nitrogen and oxygen atoms in total. The molecule has 2 rings (SSSR count). The van der Waals surface area contributed by atoms with Crippen LogP contribution in [0.15, 0.2) is 0 Å². The fourth-order valence-corrected chi connectivity index (χ4v) is 2.71. The van der Waals surface area contributed by atoms with Crippen molar-refractivity contribution < 1.29 is 0 Å². The SMILES string of the molecule is CC1CC(C2(N)CC2)CC(C)N1C. The minimum atomic E-state index is 0.240. The maximum atomic E-state index is 6.27. The van der Waals surface area contributed by atoms with Gasteiger partial charge in [-0.05, 0) is 52.5 Å². The van der Waals surface area contributed by atoms with Crippen molar-refractivity contribution in [3.63, 3.8) is 0 Å². The molecule has 0 aromatic rings. The second-order valence-corrected chi connectivity index (χ2v) is 5.27. The van der Waals surface area contributed by atoms with Crippen LogP contribution in [0, 0.1) is 5.92 Å². The van der Waals surface area contributed by atoms with Crippen molar-refractivity contribution >= 4 is 0 Å². The van der Waals surface area contributed by atoms with Crippen molar-refractivity contribution in [2.75, 3.05) is 7.05 Å². The van der Waals surface area contributed by atoms with Gasteiger partial charge in [0.25, 0.3) is 0 Å². The van der Waals surface area contributed by atoms with Gasteiger partial charge in [0, 0.05) is 17.6 Å². The van der Waals surface area contributed by atoms with Gasteiger partial charge in [0.05, 0.1) is 0 Å². The summed E-state index contributed by atoms with van der Waals surface area (Å²) in [4.78, 5) is 2.49. The lowest BCUT2D eigenvalue weighted by molar-refractivity contribution is 0.0828. The Bertz CT molecular complexity index is 186. The van der Waals surface area contributed by atoms with Gasteiger partial charge in [-0.3, -0.25) is 0 Å². The first kappa shape index (κ1) is 9.47. The monoisotopic (exact) mass is 182 g/mol. The number of piperidine rings is 1. The van der Waals surface area contributed by atoms with Crippen LogP contribution in [0.3, 0.4) is 0 Å². The summed E-state index contributed by atoms with van der Waals surface area (Å²) >= 11 is 0. The molecule has 1 aliphatic heterocycles. The van der Waals surface area contributed by atoms with E-state index < -0.39 is 0 Å². The Morgan fingerprint density at radius 3 is 2.00 bits per heavy atom. The highest BCUT2D eigenvalue weighted by atomic mass is 15.2. The Balaban J connectivity index is 2.01. The summed E-state index contributed by atoms with van der Waals surface area (Å²) in [5.41, 5.74) is 6.51. The topological polar surface area (TPSA) is 29.3 Å². The van der Waals surface area contributed by atoms with E-state index in [2.05, 4.69) is 25.8 Å². The highest BCUT2D eigenvalue weighted by molar-refractivity contribution is 5.06. The van der Waals surface area contributed by atoms with Crippen LogP contribution >= 0.6 is 0 Å². The third kappa shape index (κ3) is 1.62. The maximum Gasteiger partial charge on any atom is 0.0185 e. The van der Waals surface area contributed by atoms with Crippen LogP contribution in [0.2, 0.25) is 0 Å². The van der Waals surface area contributed by atoms with Gasteiger partial charge in [0.1, 0.15) is 0 Å². The van der Waals surface area contributed by atoms with Crippen LogP contribution in [-0.4, -0.2) is 29.6 Å². The fourth-order valence-electron chi connectivity index (χ4n) is 2.71. The van der Waals surface area contributed by atoms with Crippen LogP contribution < -0.4 is 5.73 Å². The predicted molar refractivity (Wildman–Crippen MR) is 55.6 cm³/mol. The summed E-state index contributed by atoms with van der Waals surface area (Å²) in [6.45, 7) is 4.66. The molecular formula is C11H22N2. The van der Waals surface area contributed by atoms with E-state index in [1.807, 2.05) is 0 Å². The quantitative estimate of drug-likeness (QED) is 0.667. The van der Waals surface area contributed by atoms with E-state index in [9.17, 15) is 0 Å². The molecule has 0 aromatic carbocycles. The lowest BCUT2D eigenvalue weighted by Crippen LogP contribution is -2.49. The van der Waals surface area contributed by atoms with Gasteiger partial charge in [0.2, 0.25) is 0 Å². The third-order valence-electron chi connectivity index (χ3n) is 4.28. The number of rotatable bonds is 1. The summed E-state index contributed by atoms with van der Waals surface area (Å²) in [6, 6.07) is 1.43. The molecule has 2 heteroatoms. The number of likely N-dealkylation sites (tertiary alicyclic amines) is 1. The lowest BCUT2D eigenvalue weighted by Gasteiger charge is -2.42. The maximum absolute atomic E-state index is 6.27. The summed E-state index contributed by atoms with van der Waals surface area (Å²) in [7, 11) is 2.24. The molecule has 1 heterocycles. The molecule has 2 N–H and O–H groups in total. The van der Waals surface area contributed by atoms with Gasteiger partial charge in [-0.2, -0.15) is 0 Å². The normalized spacial score (nSPS) is 44.8. The van der Waals surface area contributed by atoms with Crippen molar-refractivity contribution in [3.8, 4) is 0 Å². The van der Waals surface area contributed by atoms with Crippen molar-refractivity contribution in [2.24, 2.45) is 11.7 Å². The van der Waals surface area contributed by atoms with E-state index >= 15 is 0 Å². The van der Waals surface area contributed by atoms with Crippen LogP contribution in [0.4, 0.5) is 0 Å². The molecule has 0 aromatic heterocycles. The molecule has 1 aliphatic carbocycles. The summed E-state index contributed by atoms with van der Waals surface area (Å²) in [5, 5.41) is 0. The molecule has 0 radical (unpaired) electrons. The zero-order chi connectivity index (χ0) is 9.64. The molecule has 1 saturated heterocycles. The number of hydrogen-bond acceptors (Lipinski definition) is 2. The predicted octanol–water partition coefficient (Wildman–Crippen LogP) is 1.60. The second-order valence-electron chi connectivity index (χ2n) is 5.27. The molecule has 0 bridgehead atoms.